The van der Waals surface area contributed by atoms with Crippen LogP contribution in [0.1, 0.15) is 39.0 Å². The Morgan fingerprint density at radius 1 is 1.31 bits per heavy atom. The minimum atomic E-state index is -0.0146. The maximum Gasteiger partial charge on any atom is 0.0732 e. The smallest absolute Gasteiger partial charge is 0.0732 e. The quantitative estimate of drug-likeness (QED) is 0.500. The molecular formula is C10H17NO2. The minimum absolute atomic E-state index is 0.0146. The van der Waals surface area contributed by atoms with E-state index in [1.165, 1.54) is 0 Å². The second-order valence-electron chi connectivity index (χ2n) is 4.67. The lowest BCUT2D eigenvalue weighted by atomic mass is 9.58. The predicted octanol–water partition coefficient (Wildman–Crippen LogP) is 2.19. The highest BCUT2D eigenvalue weighted by Crippen LogP contribution is 2.51. The molecule has 0 aromatic heterocycles. The van der Waals surface area contributed by atoms with Crippen LogP contribution in [0.4, 0.5) is 0 Å². The molecule has 0 unspecified atom stereocenters. The Bertz CT molecular complexity index is 239. The van der Waals surface area contributed by atoms with Crippen LogP contribution in [0, 0.1) is 5.41 Å². The molecule has 0 aromatic rings. The fourth-order valence-corrected chi connectivity index (χ4v) is 2.67. The van der Waals surface area contributed by atoms with Crippen molar-refractivity contribution in [3.63, 3.8) is 0 Å². The summed E-state index contributed by atoms with van der Waals surface area (Å²) in [6, 6.07) is 0. The number of ether oxygens (including phenoxy) is 1. The van der Waals surface area contributed by atoms with Crippen LogP contribution in [0.15, 0.2) is 5.16 Å². The van der Waals surface area contributed by atoms with Gasteiger partial charge in [-0.25, -0.2) is 0 Å². The number of hydrogen-bond donors (Lipinski definition) is 1. The Labute approximate surface area is 78.8 Å². The van der Waals surface area contributed by atoms with Crippen molar-refractivity contribution in [3.8, 4) is 0 Å². The van der Waals surface area contributed by atoms with Gasteiger partial charge in [-0.05, 0) is 25.7 Å². The van der Waals surface area contributed by atoms with Crippen molar-refractivity contribution in [2.75, 3.05) is 7.11 Å². The van der Waals surface area contributed by atoms with E-state index < -0.39 is 0 Å². The zero-order chi connectivity index (χ0) is 9.53. The van der Waals surface area contributed by atoms with E-state index in [4.69, 9.17) is 9.94 Å². The summed E-state index contributed by atoms with van der Waals surface area (Å²) in [6.45, 7) is 2.20. The molecule has 13 heavy (non-hydrogen) atoms. The third-order valence-electron chi connectivity index (χ3n) is 4.00. The fourth-order valence-electron chi connectivity index (χ4n) is 2.67. The van der Waals surface area contributed by atoms with Gasteiger partial charge in [-0.1, -0.05) is 12.1 Å². The standard InChI is InChI=1S/C10H17NO2/c1-9-3-5-10(13-2,6-4-9)7-8(9)11-12/h12H,3-7H2,1-2H3/b11-8-. The minimum Gasteiger partial charge on any atom is -0.411 e. The SMILES string of the molecule is COC12CCC(C)(CC1)/C(=N\O)C2. The number of fused-ring (bicyclic) bond motifs is 3. The molecule has 0 saturated heterocycles. The molecule has 3 aliphatic carbocycles. The van der Waals surface area contributed by atoms with Crippen LogP contribution < -0.4 is 0 Å². The molecular weight excluding hydrogens is 166 g/mol. The van der Waals surface area contributed by atoms with Crippen molar-refractivity contribution in [2.24, 2.45) is 10.6 Å². The number of hydrogen-bond acceptors (Lipinski definition) is 3. The lowest BCUT2D eigenvalue weighted by Crippen LogP contribution is -2.51. The Balaban J connectivity index is 2.28. The second-order valence-corrected chi connectivity index (χ2v) is 4.67. The molecule has 3 aliphatic rings. The van der Waals surface area contributed by atoms with Gasteiger partial charge >= 0.3 is 0 Å². The topological polar surface area (TPSA) is 41.8 Å². The van der Waals surface area contributed by atoms with Crippen LogP contribution in [0.3, 0.4) is 0 Å². The van der Waals surface area contributed by atoms with Crippen molar-refractivity contribution in [1.29, 1.82) is 0 Å². The molecule has 0 aliphatic heterocycles. The van der Waals surface area contributed by atoms with Crippen LogP contribution in [0.5, 0.6) is 0 Å². The van der Waals surface area contributed by atoms with Gasteiger partial charge in [-0.3, -0.25) is 0 Å². The highest BCUT2D eigenvalue weighted by Gasteiger charge is 2.50. The molecule has 74 valence electrons. The van der Waals surface area contributed by atoms with E-state index in [1.54, 1.807) is 7.11 Å². The summed E-state index contributed by atoms with van der Waals surface area (Å²) in [7, 11) is 1.77. The summed E-state index contributed by atoms with van der Waals surface area (Å²) in [5.41, 5.74) is 1.07. The molecule has 0 radical (unpaired) electrons. The highest BCUT2D eigenvalue weighted by molar-refractivity contribution is 5.92. The molecule has 0 heterocycles. The molecule has 2 bridgehead atoms. The van der Waals surface area contributed by atoms with Crippen LogP contribution >= 0.6 is 0 Å². The summed E-state index contributed by atoms with van der Waals surface area (Å²) in [4.78, 5) is 0. The van der Waals surface area contributed by atoms with Crippen LogP contribution in [0.25, 0.3) is 0 Å². The third-order valence-corrected chi connectivity index (χ3v) is 4.00. The van der Waals surface area contributed by atoms with Gasteiger partial charge in [-0.15, -0.1) is 0 Å². The second kappa shape index (κ2) is 2.71. The maximum atomic E-state index is 8.92. The molecule has 1 N–H and O–H groups in total. The fraction of sp³-hybridized carbons (Fsp3) is 0.900. The first-order chi connectivity index (χ1) is 6.14. The normalized spacial score (nSPS) is 47.1. The van der Waals surface area contributed by atoms with Crippen molar-refractivity contribution in [3.05, 3.63) is 0 Å². The van der Waals surface area contributed by atoms with E-state index in [1.807, 2.05) is 0 Å². The maximum absolute atomic E-state index is 8.92. The molecule has 3 rings (SSSR count). The van der Waals surface area contributed by atoms with E-state index in [9.17, 15) is 0 Å². The number of methoxy groups -OCH3 is 1. The first-order valence-corrected chi connectivity index (χ1v) is 4.91. The zero-order valence-electron chi connectivity index (χ0n) is 8.34. The van der Waals surface area contributed by atoms with Crippen molar-refractivity contribution in [2.45, 2.75) is 44.6 Å². The van der Waals surface area contributed by atoms with E-state index >= 15 is 0 Å². The van der Waals surface area contributed by atoms with E-state index in [0.29, 0.717) is 0 Å². The van der Waals surface area contributed by atoms with Crippen molar-refractivity contribution >= 4 is 5.71 Å². The van der Waals surface area contributed by atoms with Crippen LogP contribution in [-0.2, 0) is 4.74 Å². The van der Waals surface area contributed by atoms with E-state index in [0.717, 1.165) is 37.8 Å². The van der Waals surface area contributed by atoms with Gasteiger partial charge in [0.15, 0.2) is 0 Å². The molecule has 0 atom stereocenters. The Morgan fingerprint density at radius 2 is 1.92 bits per heavy atom. The summed E-state index contributed by atoms with van der Waals surface area (Å²) in [6.07, 6.45) is 5.23. The number of rotatable bonds is 1. The number of oxime groups is 1. The molecule has 3 saturated carbocycles. The molecule has 3 nitrogen and oxygen atoms in total. The summed E-state index contributed by atoms with van der Waals surface area (Å²) in [5, 5.41) is 12.4. The van der Waals surface area contributed by atoms with E-state index in [-0.39, 0.29) is 11.0 Å². The molecule has 0 aromatic carbocycles. The van der Waals surface area contributed by atoms with E-state index in [2.05, 4.69) is 12.1 Å². The molecule has 0 amide bonds. The van der Waals surface area contributed by atoms with Gasteiger partial charge in [0, 0.05) is 18.9 Å². The summed E-state index contributed by atoms with van der Waals surface area (Å²) < 4.78 is 5.55. The largest absolute Gasteiger partial charge is 0.411 e. The average molecular weight is 183 g/mol. The monoisotopic (exact) mass is 183 g/mol. The van der Waals surface area contributed by atoms with Gasteiger partial charge in [0.2, 0.25) is 0 Å². The van der Waals surface area contributed by atoms with Gasteiger partial charge in [0.05, 0.1) is 11.3 Å². The Kier molecular flexibility index (Phi) is 1.88. The van der Waals surface area contributed by atoms with Gasteiger partial charge in [0.25, 0.3) is 0 Å². The summed E-state index contributed by atoms with van der Waals surface area (Å²) >= 11 is 0. The average Bonchev–Trinajstić information content (AvgIpc) is 2.19. The number of nitrogens with zero attached hydrogens (tertiary/aromatic N) is 1. The summed E-state index contributed by atoms with van der Waals surface area (Å²) in [5.74, 6) is 0. The van der Waals surface area contributed by atoms with Crippen LogP contribution in [-0.4, -0.2) is 23.6 Å². The Hall–Kier alpha value is -0.570. The first kappa shape index (κ1) is 9.00. The van der Waals surface area contributed by atoms with Gasteiger partial charge in [0.1, 0.15) is 0 Å². The van der Waals surface area contributed by atoms with Gasteiger partial charge < -0.3 is 9.94 Å². The van der Waals surface area contributed by atoms with Crippen molar-refractivity contribution in [1.82, 2.24) is 0 Å². The lowest BCUT2D eigenvalue weighted by molar-refractivity contribution is -0.0669. The van der Waals surface area contributed by atoms with Crippen LogP contribution in [0.2, 0.25) is 0 Å². The lowest BCUT2D eigenvalue weighted by Gasteiger charge is -2.51. The molecule has 3 fully saturated rings. The Morgan fingerprint density at radius 3 is 2.38 bits per heavy atom. The zero-order valence-corrected chi connectivity index (χ0v) is 8.34. The molecule has 3 heteroatoms. The third kappa shape index (κ3) is 1.17. The van der Waals surface area contributed by atoms with Crippen molar-refractivity contribution < 1.29 is 9.94 Å². The predicted molar refractivity (Wildman–Crippen MR) is 50.2 cm³/mol. The molecule has 0 spiro atoms. The van der Waals surface area contributed by atoms with Gasteiger partial charge in [-0.2, -0.15) is 0 Å². The highest BCUT2D eigenvalue weighted by atomic mass is 16.5. The first-order valence-electron chi connectivity index (χ1n) is 4.91.